The first-order valence-electron chi connectivity index (χ1n) is 8.00. The summed E-state index contributed by atoms with van der Waals surface area (Å²) in [5.41, 5.74) is 2.00. The molecule has 118 valence electrons. The van der Waals surface area contributed by atoms with Gasteiger partial charge in [-0.1, -0.05) is 36.4 Å². The first-order valence-corrected chi connectivity index (χ1v) is 8.88. The Bertz CT molecular complexity index is 808. The van der Waals surface area contributed by atoms with Gasteiger partial charge in [0.1, 0.15) is 5.82 Å². The number of benzene rings is 2. The zero-order valence-electron chi connectivity index (χ0n) is 12.8. The molecule has 0 spiro atoms. The average Bonchev–Trinajstić information content (AvgIpc) is 3.02. The fourth-order valence-corrected chi connectivity index (χ4v) is 4.39. The van der Waals surface area contributed by atoms with Crippen molar-refractivity contribution in [3.05, 3.63) is 70.9 Å². The van der Waals surface area contributed by atoms with Crippen LogP contribution in [0, 0.1) is 5.82 Å². The molecular formula is C19H19FN2S. The van der Waals surface area contributed by atoms with Crippen LogP contribution in [0.15, 0.2) is 53.9 Å². The molecule has 0 bridgehead atoms. The van der Waals surface area contributed by atoms with E-state index in [1.165, 1.54) is 15.6 Å². The van der Waals surface area contributed by atoms with E-state index in [0.717, 1.165) is 31.7 Å². The van der Waals surface area contributed by atoms with Crippen LogP contribution in [0.3, 0.4) is 0 Å². The molecule has 2 heterocycles. The van der Waals surface area contributed by atoms with Gasteiger partial charge in [-0.2, -0.15) is 0 Å². The molecule has 23 heavy (non-hydrogen) atoms. The Hall–Kier alpha value is -1.75. The molecule has 1 aliphatic rings. The monoisotopic (exact) mass is 326 g/mol. The van der Waals surface area contributed by atoms with E-state index in [1.54, 1.807) is 23.5 Å². The van der Waals surface area contributed by atoms with E-state index in [0.29, 0.717) is 0 Å². The summed E-state index contributed by atoms with van der Waals surface area (Å²) >= 11 is 1.74. The van der Waals surface area contributed by atoms with Crippen LogP contribution in [0.4, 0.5) is 4.39 Å². The lowest BCUT2D eigenvalue weighted by molar-refractivity contribution is 0.196. The predicted molar refractivity (Wildman–Crippen MR) is 94.5 cm³/mol. The van der Waals surface area contributed by atoms with E-state index in [4.69, 9.17) is 0 Å². The molecule has 1 unspecified atom stereocenters. The van der Waals surface area contributed by atoms with Crippen LogP contribution in [0.25, 0.3) is 10.1 Å². The minimum atomic E-state index is -0.119. The molecule has 1 saturated heterocycles. The van der Waals surface area contributed by atoms with Crippen molar-refractivity contribution in [2.45, 2.75) is 6.04 Å². The highest BCUT2D eigenvalue weighted by molar-refractivity contribution is 7.17. The van der Waals surface area contributed by atoms with Gasteiger partial charge < -0.3 is 5.32 Å². The Morgan fingerprint density at radius 2 is 1.70 bits per heavy atom. The predicted octanol–water partition coefficient (Wildman–Crippen LogP) is 4.04. The van der Waals surface area contributed by atoms with Gasteiger partial charge in [0.05, 0.1) is 6.04 Å². The van der Waals surface area contributed by atoms with Crippen LogP contribution >= 0.6 is 11.3 Å². The number of thiophene rings is 1. The van der Waals surface area contributed by atoms with E-state index in [9.17, 15) is 4.39 Å². The van der Waals surface area contributed by atoms with Gasteiger partial charge in [-0.05, 0) is 28.5 Å². The van der Waals surface area contributed by atoms with Gasteiger partial charge >= 0.3 is 0 Å². The Morgan fingerprint density at radius 1 is 0.957 bits per heavy atom. The van der Waals surface area contributed by atoms with E-state index < -0.39 is 0 Å². The van der Waals surface area contributed by atoms with Crippen LogP contribution in [0.1, 0.15) is 17.2 Å². The summed E-state index contributed by atoms with van der Waals surface area (Å²) in [7, 11) is 0. The lowest BCUT2D eigenvalue weighted by atomic mass is 9.95. The number of rotatable bonds is 3. The maximum atomic E-state index is 14.5. The van der Waals surface area contributed by atoms with Gasteiger partial charge in [0.25, 0.3) is 0 Å². The minimum absolute atomic E-state index is 0.0190. The topological polar surface area (TPSA) is 15.3 Å². The van der Waals surface area contributed by atoms with Gasteiger partial charge in [0, 0.05) is 36.4 Å². The summed E-state index contributed by atoms with van der Waals surface area (Å²) in [4.78, 5) is 2.39. The van der Waals surface area contributed by atoms with Gasteiger partial charge in [0.15, 0.2) is 0 Å². The molecule has 2 nitrogen and oxygen atoms in total. The fraction of sp³-hybridized carbons (Fsp3) is 0.263. The van der Waals surface area contributed by atoms with E-state index in [1.807, 2.05) is 12.1 Å². The van der Waals surface area contributed by atoms with Crippen LogP contribution in [-0.2, 0) is 0 Å². The van der Waals surface area contributed by atoms with Crippen LogP contribution < -0.4 is 5.32 Å². The standard InChI is InChI=1S/C19H19FN2S/c20-17-7-3-1-6-15(17)19(22-11-9-21-10-12-22)16-13-23-18-8-4-2-5-14(16)18/h1-8,13,19,21H,9-12H2. The summed E-state index contributed by atoms with van der Waals surface area (Å²) in [6.07, 6.45) is 0. The second kappa shape index (κ2) is 6.40. The molecule has 1 aliphatic heterocycles. The Kier molecular flexibility index (Phi) is 4.12. The molecule has 0 radical (unpaired) electrons. The van der Waals surface area contributed by atoms with Crippen LogP contribution in [0.2, 0.25) is 0 Å². The number of hydrogen-bond donors (Lipinski definition) is 1. The molecule has 4 heteroatoms. The van der Waals surface area contributed by atoms with Crippen molar-refractivity contribution in [2.75, 3.05) is 26.2 Å². The minimum Gasteiger partial charge on any atom is -0.314 e. The molecule has 0 saturated carbocycles. The Labute approximate surface area is 139 Å². The molecule has 1 fully saturated rings. The van der Waals surface area contributed by atoms with E-state index in [-0.39, 0.29) is 11.9 Å². The maximum absolute atomic E-state index is 14.5. The third-order valence-electron chi connectivity index (χ3n) is 4.52. The highest BCUT2D eigenvalue weighted by Crippen LogP contribution is 2.38. The van der Waals surface area contributed by atoms with Crippen molar-refractivity contribution >= 4 is 21.4 Å². The first-order chi connectivity index (χ1) is 11.3. The Morgan fingerprint density at radius 3 is 2.52 bits per heavy atom. The number of nitrogens with one attached hydrogen (secondary N) is 1. The van der Waals surface area contributed by atoms with Gasteiger partial charge in [-0.3, -0.25) is 4.90 Å². The molecule has 2 aromatic carbocycles. The molecule has 4 rings (SSSR count). The summed E-state index contributed by atoms with van der Waals surface area (Å²) in [6.45, 7) is 3.77. The maximum Gasteiger partial charge on any atom is 0.128 e. The van der Waals surface area contributed by atoms with Crippen molar-refractivity contribution in [1.29, 1.82) is 0 Å². The second-order valence-corrected chi connectivity index (χ2v) is 6.81. The smallest absolute Gasteiger partial charge is 0.128 e. The number of fused-ring (bicyclic) bond motifs is 1. The van der Waals surface area contributed by atoms with E-state index in [2.05, 4.69) is 39.9 Å². The molecule has 3 aromatic rings. The lowest BCUT2D eigenvalue weighted by Gasteiger charge is -2.35. The zero-order chi connectivity index (χ0) is 15.6. The van der Waals surface area contributed by atoms with Gasteiger partial charge in [-0.15, -0.1) is 11.3 Å². The Balaban J connectivity index is 1.86. The largest absolute Gasteiger partial charge is 0.314 e. The normalized spacial score (nSPS) is 17.4. The third-order valence-corrected chi connectivity index (χ3v) is 5.50. The SMILES string of the molecule is Fc1ccccc1C(c1csc2ccccc12)N1CCNCC1. The summed E-state index contributed by atoms with van der Waals surface area (Å²) < 4.78 is 15.8. The number of hydrogen-bond acceptors (Lipinski definition) is 3. The molecule has 0 amide bonds. The number of halogens is 1. The fourth-order valence-electron chi connectivity index (χ4n) is 3.41. The molecule has 1 atom stereocenters. The highest BCUT2D eigenvalue weighted by Gasteiger charge is 2.27. The first kappa shape index (κ1) is 14.8. The van der Waals surface area contributed by atoms with Gasteiger partial charge in [-0.25, -0.2) is 4.39 Å². The second-order valence-electron chi connectivity index (χ2n) is 5.90. The van der Waals surface area contributed by atoms with Gasteiger partial charge in [0.2, 0.25) is 0 Å². The average molecular weight is 326 g/mol. The third kappa shape index (κ3) is 2.78. The van der Waals surface area contributed by atoms with Crippen molar-refractivity contribution in [2.24, 2.45) is 0 Å². The summed E-state index contributed by atoms with van der Waals surface area (Å²) in [5, 5.41) is 6.82. The van der Waals surface area contributed by atoms with Crippen molar-refractivity contribution in [3.8, 4) is 0 Å². The van der Waals surface area contributed by atoms with Crippen molar-refractivity contribution in [3.63, 3.8) is 0 Å². The summed E-state index contributed by atoms with van der Waals surface area (Å²) in [6, 6.07) is 15.6. The van der Waals surface area contributed by atoms with E-state index >= 15 is 0 Å². The van der Waals surface area contributed by atoms with Crippen LogP contribution in [0.5, 0.6) is 0 Å². The van der Waals surface area contributed by atoms with Crippen molar-refractivity contribution < 1.29 is 4.39 Å². The molecule has 1 aromatic heterocycles. The summed E-state index contributed by atoms with van der Waals surface area (Å²) in [5.74, 6) is -0.119. The molecule has 1 N–H and O–H groups in total. The van der Waals surface area contributed by atoms with Crippen LogP contribution in [-0.4, -0.2) is 31.1 Å². The molecule has 0 aliphatic carbocycles. The zero-order valence-corrected chi connectivity index (χ0v) is 13.7. The molecular weight excluding hydrogens is 307 g/mol. The van der Waals surface area contributed by atoms with Crippen molar-refractivity contribution in [1.82, 2.24) is 10.2 Å². The number of nitrogens with zero attached hydrogens (tertiary/aromatic N) is 1. The quantitative estimate of drug-likeness (QED) is 0.781. The highest BCUT2D eigenvalue weighted by atomic mass is 32.1. The lowest BCUT2D eigenvalue weighted by Crippen LogP contribution is -2.45. The number of piperazine rings is 1.